The highest BCUT2D eigenvalue weighted by Gasteiger charge is 2.33. The number of methoxy groups -OCH3 is 2. The lowest BCUT2D eigenvalue weighted by molar-refractivity contribution is 0.0461. The maximum atomic E-state index is 12.3. The molecule has 0 aromatic carbocycles. The van der Waals surface area contributed by atoms with E-state index in [-0.39, 0.29) is 42.6 Å². The highest BCUT2D eigenvalue weighted by Crippen LogP contribution is 2.36. The van der Waals surface area contributed by atoms with Gasteiger partial charge >= 0.3 is 17.9 Å². The van der Waals surface area contributed by atoms with Gasteiger partial charge < -0.3 is 23.7 Å². The molecule has 0 N–H and O–H groups in total. The van der Waals surface area contributed by atoms with Gasteiger partial charge in [-0.05, 0) is 20.8 Å². The second kappa shape index (κ2) is 9.45. The number of rotatable bonds is 8. The van der Waals surface area contributed by atoms with Crippen LogP contribution in [0.2, 0.25) is 0 Å². The van der Waals surface area contributed by atoms with Gasteiger partial charge in [-0.3, -0.25) is 0 Å². The predicted octanol–water partition coefficient (Wildman–Crippen LogP) is 1.63. The molecule has 138 valence electrons. The molecule has 0 unspecified atom stereocenters. The monoisotopic (exact) mass is 355 g/mol. The fourth-order valence-corrected chi connectivity index (χ4v) is 2.01. The number of hydrogen-bond acceptors (Lipinski definition) is 9. The van der Waals surface area contributed by atoms with Gasteiger partial charge in [0.2, 0.25) is 0 Å². The minimum absolute atomic E-state index is 0.0475. The van der Waals surface area contributed by atoms with Crippen molar-refractivity contribution >= 4 is 17.9 Å². The Hall–Kier alpha value is -2.84. The normalized spacial score (nSPS) is 9.96. The molecule has 0 aliphatic rings. The molecule has 0 bridgehead atoms. The number of carbonyl (C=O) groups is 3. The van der Waals surface area contributed by atoms with Crippen LogP contribution in [0.15, 0.2) is 0 Å². The lowest BCUT2D eigenvalue weighted by atomic mass is 10.1. The van der Waals surface area contributed by atoms with E-state index in [9.17, 15) is 14.4 Å². The van der Waals surface area contributed by atoms with Crippen LogP contribution in [0.5, 0.6) is 11.5 Å². The smallest absolute Gasteiger partial charge is 0.360 e. The van der Waals surface area contributed by atoms with Crippen LogP contribution in [0.3, 0.4) is 0 Å². The van der Waals surface area contributed by atoms with Gasteiger partial charge in [0.1, 0.15) is 5.56 Å². The SMILES string of the molecule is CCOC(=O)c1nc(C(=O)OCC)c(C(=O)OCC)c(OC)c1OC. The van der Waals surface area contributed by atoms with Crippen molar-refractivity contribution in [1.29, 1.82) is 0 Å². The number of hydrogen-bond donors (Lipinski definition) is 0. The first-order chi connectivity index (χ1) is 12.0. The molecule has 1 aromatic heterocycles. The molecule has 0 amide bonds. The Morgan fingerprint density at radius 2 is 1.16 bits per heavy atom. The van der Waals surface area contributed by atoms with Gasteiger partial charge in [-0.25, -0.2) is 19.4 Å². The summed E-state index contributed by atoms with van der Waals surface area (Å²) in [6.45, 7) is 5.00. The number of nitrogens with zero attached hydrogens (tertiary/aromatic N) is 1. The Balaban J connectivity index is 3.75. The first-order valence-electron chi connectivity index (χ1n) is 7.63. The zero-order valence-corrected chi connectivity index (χ0v) is 14.8. The molecule has 0 saturated carbocycles. The molecule has 0 saturated heterocycles. The maximum Gasteiger partial charge on any atom is 0.360 e. The van der Waals surface area contributed by atoms with E-state index in [4.69, 9.17) is 23.7 Å². The highest BCUT2D eigenvalue weighted by molar-refractivity contribution is 6.06. The zero-order valence-electron chi connectivity index (χ0n) is 14.8. The van der Waals surface area contributed by atoms with Crippen LogP contribution >= 0.6 is 0 Å². The van der Waals surface area contributed by atoms with Crippen molar-refractivity contribution in [1.82, 2.24) is 4.98 Å². The van der Waals surface area contributed by atoms with Crippen molar-refractivity contribution in [2.45, 2.75) is 20.8 Å². The Morgan fingerprint density at radius 1 is 0.720 bits per heavy atom. The van der Waals surface area contributed by atoms with Crippen LogP contribution in [0.1, 0.15) is 52.1 Å². The third-order valence-electron chi connectivity index (χ3n) is 2.93. The Morgan fingerprint density at radius 3 is 1.60 bits per heavy atom. The average molecular weight is 355 g/mol. The third-order valence-corrected chi connectivity index (χ3v) is 2.93. The number of aromatic nitrogens is 1. The summed E-state index contributed by atoms with van der Waals surface area (Å²) < 4.78 is 25.1. The minimum atomic E-state index is -0.906. The van der Waals surface area contributed by atoms with Crippen LogP contribution in [0, 0.1) is 0 Å². The van der Waals surface area contributed by atoms with Crippen LogP contribution < -0.4 is 9.47 Å². The van der Waals surface area contributed by atoms with E-state index in [0.29, 0.717) is 0 Å². The van der Waals surface area contributed by atoms with Crippen LogP contribution in [-0.4, -0.2) is 56.9 Å². The summed E-state index contributed by atoms with van der Waals surface area (Å²) >= 11 is 0. The molecule has 9 nitrogen and oxygen atoms in total. The van der Waals surface area contributed by atoms with E-state index in [1.54, 1.807) is 20.8 Å². The minimum Gasteiger partial charge on any atom is -0.492 e. The molecule has 0 fully saturated rings. The Bertz CT molecular complexity index is 656. The van der Waals surface area contributed by atoms with Crippen LogP contribution in [-0.2, 0) is 14.2 Å². The quantitative estimate of drug-likeness (QED) is 0.507. The third kappa shape index (κ3) is 4.37. The summed E-state index contributed by atoms with van der Waals surface area (Å²) in [5.41, 5.74) is -1.01. The predicted molar refractivity (Wildman–Crippen MR) is 85.2 cm³/mol. The largest absolute Gasteiger partial charge is 0.492 e. The van der Waals surface area contributed by atoms with Gasteiger partial charge in [-0.1, -0.05) is 0 Å². The van der Waals surface area contributed by atoms with Crippen molar-refractivity contribution in [2.24, 2.45) is 0 Å². The van der Waals surface area contributed by atoms with Crippen LogP contribution in [0.25, 0.3) is 0 Å². The highest BCUT2D eigenvalue weighted by atomic mass is 16.6. The molecule has 0 atom stereocenters. The zero-order chi connectivity index (χ0) is 19.0. The molecular weight excluding hydrogens is 334 g/mol. The fourth-order valence-electron chi connectivity index (χ4n) is 2.01. The Labute approximate surface area is 145 Å². The van der Waals surface area contributed by atoms with Crippen LogP contribution in [0.4, 0.5) is 0 Å². The van der Waals surface area contributed by atoms with Crippen molar-refractivity contribution in [3.8, 4) is 11.5 Å². The van der Waals surface area contributed by atoms with Gasteiger partial charge in [-0.15, -0.1) is 0 Å². The molecule has 0 radical (unpaired) electrons. The van der Waals surface area contributed by atoms with Gasteiger partial charge in [0.05, 0.1) is 34.0 Å². The van der Waals surface area contributed by atoms with Crippen molar-refractivity contribution < 1.29 is 38.1 Å². The number of esters is 3. The summed E-state index contributed by atoms with van der Waals surface area (Å²) in [7, 11) is 2.52. The summed E-state index contributed by atoms with van der Waals surface area (Å²) in [6.07, 6.45) is 0. The van der Waals surface area contributed by atoms with E-state index >= 15 is 0 Å². The van der Waals surface area contributed by atoms with Gasteiger partial charge in [0.25, 0.3) is 0 Å². The molecule has 0 aliphatic heterocycles. The van der Waals surface area contributed by atoms with Gasteiger partial charge in [0, 0.05) is 0 Å². The van der Waals surface area contributed by atoms with Crippen molar-refractivity contribution in [3.63, 3.8) is 0 Å². The molecule has 9 heteroatoms. The van der Waals surface area contributed by atoms with Gasteiger partial charge in [-0.2, -0.15) is 0 Å². The lowest BCUT2D eigenvalue weighted by Gasteiger charge is -2.17. The molecule has 1 heterocycles. The summed E-state index contributed by atoms with van der Waals surface area (Å²) in [5, 5.41) is 0. The second-order valence-corrected chi connectivity index (χ2v) is 4.41. The van der Waals surface area contributed by atoms with E-state index in [1.165, 1.54) is 14.2 Å². The van der Waals surface area contributed by atoms with E-state index in [2.05, 4.69) is 4.98 Å². The average Bonchev–Trinajstić information content (AvgIpc) is 2.60. The molecule has 25 heavy (non-hydrogen) atoms. The van der Waals surface area contributed by atoms with Gasteiger partial charge in [0.15, 0.2) is 22.9 Å². The number of ether oxygens (including phenoxy) is 5. The number of pyridine rings is 1. The molecular formula is C16H21NO8. The summed E-state index contributed by atoms with van der Waals surface area (Å²) in [6, 6.07) is 0. The van der Waals surface area contributed by atoms with Crippen molar-refractivity contribution in [2.75, 3.05) is 34.0 Å². The summed E-state index contributed by atoms with van der Waals surface area (Å²) in [4.78, 5) is 40.6. The van der Waals surface area contributed by atoms with E-state index < -0.39 is 23.6 Å². The lowest BCUT2D eigenvalue weighted by Crippen LogP contribution is -2.21. The molecule has 0 spiro atoms. The van der Waals surface area contributed by atoms with E-state index in [0.717, 1.165) is 0 Å². The maximum absolute atomic E-state index is 12.3. The topological polar surface area (TPSA) is 110 Å². The molecule has 1 aromatic rings. The summed E-state index contributed by atoms with van der Waals surface area (Å²) in [5.74, 6) is -2.90. The standard InChI is InChI=1S/C16H21NO8/c1-6-23-14(18)9-10(15(19)24-7-2)17-11(16(20)25-8-3)13(22-5)12(9)21-4/h6-8H2,1-5H3. The fraction of sp³-hybridized carbons (Fsp3) is 0.500. The van der Waals surface area contributed by atoms with E-state index in [1.807, 2.05) is 0 Å². The van der Waals surface area contributed by atoms with Crippen molar-refractivity contribution in [3.05, 3.63) is 17.0 Å². The first-order valence-corrected chi connectivity index (χ1v) is 7.63. The second-order valence-electron chi connectivity index (χ2n) is 4.41. The first kappa shape index (κ1) is 20.2. The Kier molecular flexibility index (Phi) is 7.64. The molecule has 1 rings (SSSR count). The molecule has 0 aliphatic carbocycles. The number of carbonyl (C=O) groups excluding carboxylic acids is 3.